The fourth-order valence-electron chi connectivity index (χ4n) is 4.42. The fraction of sp³-hybridized carbons (Fsp3) is 0.875. The fourth-order valence-corrected chi connectivity index (χ4v) is 4.42. The average molecular weight is 294 g/mol. The lowest BCUT2D eigenvalue weighted by molar-refractivity contribution is -0.152. The number of piperazine rings is 1. The molecule has 0 bridgehead atoms. The van der Waals surface area contributed by atoms with E-state index in [4.69, 9.17) is 0 Å². The van der Waals surface area contributed by atoms with Gasteiger partial charge in [0.15, 0.2) is 0 Å². The van der Waals surface area contributed by atoms with Gasteiger partial charge in [0.2, 0.25) is 5.91 Å². The van der Waals surface area contributed by atoms with Gasteiger partial charge in [0.25, 0.3) is 0 Å². The van der Waals surface area contributed by atoms with Crippen LogP contribution in [0.3, 0.4) is 0 Å². The summed E-state index contributed by atoms with van der Waals surface area (Å²) < 4.78 is 0. The van der Waals surface area contributed by atoms with Crippen molar-refractivity contribution in [1.29, 1.82) is 0 Å². The standard InChI is InChI=1S/C16H26N2O3/c1-11-9-17-8-3-2-5-12(17)10-18(11)15(19)13-6-4-7-14(13)16(20)21/h11-14H,2-10H2,1H3,(H,20,21)/t11?,12?,13-,14+/m1/s1. The smallest absolute Gasteiger partial charge is 0.307 e. The minimum atomic E-state index is -0.796. The van der Waals surface area contributed by atoms with Crippen molar-refractivity contribution in [2.24, 2.45) is 11.8 Å². The Morgan fingerprint density at radius 2 is 1.76 bits per heavy atom. The predicted octanol–water partition coefficient (Wildman–Crippen LogP) is 1.57. The van der Waals surface area contributed by atoms with Crippen molar-refractivity contribution in [2.75, 3.05) is 19.6 Å². The SMILES string of the molecule is CC1CN2CCCCC2CN1C(=O)[C@@H]1CCC[C@@H]1C(=O)O. The Labute approximate surface area is 126 Å². The van der Waals surface area contributed by atoms with E-state index in [0.717, 1.165) is 32.5 Å². The van der Waals surface area contributed by atoms with Gasteiger partial charge in [-0.25, -0.2) is 0 Å². The highest BCUT2D eigenvalue weighted by molar-refractivity contribution is 5.85. The molecular weight excluding hydrogens is 268 g/mol. The largest absolute Gasteiger partial charge is 0.481 e. The van der Waals surface area contributed by atoms with E-state index in [1.54, 1.807) is 0 Å². The molecule has 3 rings (SSSR count). The minimum Gasteiger partial charge on any atom is -0.481 e. The molecule has 0 aromatic rings. The van der Waals surface area contributed by atoms with E-state index < -0.39 is 11.9 Å². The number of carboxylic acid groups (broad SMARTS) is 1. The second-order valence-electron chi connectivity index (χ2n) is 6.97. The highest BCUT2D eigenvalue weighted by Crippen LogP contribution is 2.35. The predicted molar refractivity (Wildman–Crippen MR) is 78.9 cm³/mol. The van der Waals surface area contributed by atoms with Crippen LogP contribution >= 0.6 is 0 Å². The van der Waals surface area contributed by atoms with E-state index in [1.165, 1.54) is 19.3 Å². The molecule has 2 saturated heterocycles. The van der Waals surface area contributed by atoms with Gasteiger partial charge in [-0.05, 0) is 39.2 Å². The normalized spacial score (nSPS) is 37.3. The number of amides is 1. The van der Waals surface area contributed by atoms with E-state index in [-0.39, 0.29) is 17.9 Å². The van der Waals surface area contributed by atoms with Gasteiger partial charge in [0.1, 0.15) is 0 Å². The molecular formula is C16H26N2O3. The lowest BCUT2D eigenvalue weighted by atomic mass is 9.91. The number of hydrogen-bond donors (Lipinski definition) is 1. The molecule has 0 spiro atoms. The first-order chi connectivity index (χ1) is 10.1. The second kappa shape index (κ2) is 5.95. The third-order valence-electron chi connectivity index (χ3n) is 5.62. The molecule has 5 nitrogen and oxygen atoms in total. The molecule has 1 aliphatic carbocycles. The Morgan fingerprint density at radius 3 is 2.52 bits per heavy atom. The average Bonchev–Trinajstić information content (AvgIpc) is 2.95. The van der Waals surface area contributed by atoms with Crippen molar-refractivity contribution in [3.8, 4) is 0 Å². The quantitative estimate of drug-likeness (QED) is 0.840. The van der Waals surface area contributed by atoms with Gasteiger partial charge in [0, 0.05) is 25.2 Å². The van der Waals surface area contributed by atoms with Crippen LogP contribution in [-0.4, -0.2) is 58.5 Å². The third kappa shape index (κ3) is 2.80. The van der Waals surface area contributed by atoms with Gasteiger partial charge < -0.3 is 10.0 Å². The number of rotatable bonds is 2. The number of carboxylic acids is 1. The molecule has 2 unspecified atom stereocenters. The lowest BCUT2D eigenvalue weighted by Crippen LogP contribution is -2.61. The monoisotopic (exact) mass is 294 g/mol. The summed E-state index contributed by atoms with van der Waals surface area (Å²) in [6, 6.07) is 0.700. The summed E-state index contributed by atoms with van der Waals surface area (Å²) in [5.74, 6) is -1.46. The summed E-state index contributed by atoms with van der Waals surface area (Å²) in [5.41, 5.74) is 0. The third-order valence-corrected chi connectivity index (χ3v) is 5.62. The maximum Gasteiger partial charge on any atom is 0.307 e. The minimum absolute atomic E-state index is 0.0950. The molecule has 1 N–H and O–H groups in total. The Hall–Kier alpha value is -1.10. The van der Waals surface area contributed by atoms with Crippen LogP contribution in [0.15, 0.2) is 0 Å². The van der Waals surface area contributed by atoms with Gasteiger partial charge >= 0.3 is 5.97 Å². The van der Waals surface area contributed by atoms with Crippen LogP contribution in [0.25, 0.3) is 0 Å². The number of carbonyl (C=O) groups is 2. The first kappa shape index (κ1) is 14.8. The second-order valence-corrected chi connectivity index (χ2v) is 6.97. The highest BCUT2D eigenvalue weighted by atomic mass is 16.4. The molecule has 3 fully saturated rings. The van der Waals surface area contributed by atoms with Crippen LogP contribution < -0.4 is 0 Å². The molecule has 1 saturated carbocycles. The Kier molecular flexibility index (Phi) is 4.20. The van der Waals surface area contributed by atoms with Crippen LogP contribution in [0.2, 0.25) is 0 Å². The Balaban J connectivity index is 1.70. The summed E-state index contributed by atoms with van der Waals surface area (Å²) >= 11 is 0. The first-order valence-electron chi connectivity index (χ1n) is 8.35. The van der Waals surface area contributed by atoms with E-state index in [2.05, 4.69) is 11.8 Å². The van der Waals surface area contributed by atoms with Crippen LogP contribution in [0, 0.1) is 11.8 Å². The van der Waals surface area contributed by atoms with Crippen molar-refractivity contribution in [2.45, 2.75) is 57.5 Å². The van der Waals surface area contributed by atoms with Gasteiger partial charge in [-0.1, -0.05) is 12.8 Å². The number of fused-ring (bicyclic) bond motifs is 1. The van der Waals surface area contributed by atoms with E-state index >= 15 is 0 Å². The van der Waals surface area contributed by atoms with E-state index in [0.29, 0.717) is 12.5 Å². The highest BCUT2D eigenvalue weighted by Gasteiger charge is 2.43. The molecule has 118 valence electrons. The van der Waals surface area contributed by atoms with Crippen molar-refractivity contribution < 1.29 is 14.7 Å². The van der Waals surface area contributed by atoms with Gasteiger partial charge in [-0.15, -0.1) is 0 Å². The summed E-state index contributed by atoms with van der Waals surface area (Å²) in [7, 11) is 0. The number of carbonyl (C=O) groups excluding carboxylic acids is 1. The molecule has 0 aromatic heterocycles. The molecule has 1 amide bonds. The molecule has 0 aromatic carbocycles. The van der Waals surface area contributed by atoms with Crippen LogP contribution in [0.1, 0.15) is 45.4 Å². The van der Waals surface area contributed by atoms with Crippen LogP contribution in [0.4, 0.5) is 0 Å². The van der Waals surface area contributed by atoms with Crippen LogP contribution in [0.5, 0.6) is 0 Å². The number of hydrogen-bond acceptors (Lipinski definition) is 3. The number of aliphatic carboxylic acids is 1. The Morgan fingerprint density at radius 1 is 1.00 bits per heavy atom. The number of piperidine rings is 1. The van der Waals surface area contributed by atoms with Crippen molar-refractivity contribution in [3.63, 3.8) is 0 Å². The zero-order valence-corrected chi connectivity index (χ0v) is 12.8. The molecule has 5 heteroatoms. The number of nitrogens with zero attached hydrogens (tertiary/aromatic N) is 2. The van der Waals surface area contributed by atoms with E-state index in [9.17, 15) is 14.7 Å². The van der Waals surface area contributed by atoms with Crippen molar-refractivity contribution >= 4 is 11.9 Å². The van der Waals surface area contributed by atoms with Gasteiger partial charge in [0.05, 0.1) is 11.8 Å². The zero-order chi connectivity index (χ0) is 15.0. The maximum atomic E-state index is 12.8. The maximum absolute atomic E-state index is 12.8. The molecule has 2 aliphatic heterocycles. The van der Waals surface area contributed by atoms with Gasteiger partial charge in [-0.2, -0.15) is 0 Å². The van der Waals surface area contributed by atoms with E-state index in [1.807, 2.05) is 4.90 Å². The van der Waals surface area contributed by atoms with Crippen molar-refractivity contribution in [3.05, 3.63) is 0 Å². The summed E-state index contributed by atoms with van der Waals surface area (Å²) in [6.07, 6.45) is 5.95. The first-order valence-corrected chi connectivity index (χ1v) is 8.35. The van der Waals surface area contributed by atoms with Crippen LogP contribution in [-0.2, 0) is 9.59 Å². The Bertz CT molecular complexity index is 426. The molecule has 0 radical (unpaired) electrons. The van der Waals surface area contributed by atoms with Gasteiger partial charge in [-0.3, -0.25) is 14.5 Å². The molecule has 21 heavy (non-hydrogen) atoms. The molecule has 4 atom stereocenters. The summed E-state index contributed by atoms with van der Waals surface area (Å²) in [4.78, 5) is 28.7. The molecule has 3 aliphatic rings. The lowest BCUT2D eigenvalue weighted by Gasteiger charge is -2.48. The topological polar surface area (TPSA) is 60.9 Å². The van der Waals surface area contributed by atoms with Crippen molar-refractivity contribution in [1.82, 2.24) is 9.80 Å². The summed E-state index contributed by atoms with van der Waals surface area (Å²) in [5, 5.41) is 9.31. The molecule has 2 heterocycles. The zero-order valence-electron chi connectivity index (χ0n) is 12.8. The summed E-state index contributed by atoms with van der Waals surface area (Å²) in [6.45, 7) is 5.00.